The number of nitrogens with one attached hydrogen (secondary N) is 1. The lowest BCUT2D eigenvalue weighted by atomic mass is 9.98. The van der Waals surface area contributed by atoms with Crippen molar-refractivity contribution in [2.24, 2.45) is 10.9 Å². The first kappa shape index (κ1) is 27.2. The number of halogens is 1. The summed E-state index contributed by atoms with van der Waals surface area (Å²) < 4.78 is 25.0. The monoisotopic (exact) mass is 577 g/mol. The van der Waals surface area contributed by atoms with E-state index in [0.29, 0.717) is 19.0 Å². The van der Waals surface area contributed by atoms with E-state index in [9.17, 15) is 8.42 Å². The molecular formula is C23H40IN5O2S. The van der Waals surface area contributed by atoms with E-state index in [1.54, 1.807) is 4.31 Å². The Bertz CT molecular complexity index is 817. The van der Waals surface area contributed by atoms with Crippen molar-refractivity contribution in [3.8, 4) is 0 Å². The number of hydrogen-bond acceptors (Lipinski definition) is 4. The maximum atomic E-state index is 11.7. The number of benzene rings is 1. The number of nitrogens with zero attached hydrogens (tertiary/aromatic N) is 4. The Kier molecular flexibility index (Phi) is 11.0. The first-order valence-electron chi connectivity index (χ1n) is 11.6. The molecule has 0 amide bonds. The average molecular weight is 578 g/mol. The smallest absolute Gasteiger partial charge is 0.211 e. The van der Waals surface area contributed by atoms with E-state index in [0.717, 1.165) is 38.4 Å². The number of rotatable bonds is 7. The summed E-state index contributed by atoms with van der Waals surface area (Å²) >= 11 is 0. The minimum Gasteiger partial charge on any atom is -0.372 e. The van der Waals surface area contributed by atoms with Crippen LogP contribution in [0.5, 0.6) is 0 Å². The zero-order valence-electron chi connectivity index (χ0n) is 19.8. The Balaban J connectivity index is 0.00000363. The molecule has 0 aromatic heterocycles. The maximum Gasteiger partial charge on any atom is 0.211 e. The molecule has 1 N–H and O–H groups in total. The van der Waals surface area contributed by atoms with Crippen LogP contribution in [0.4, 0.5) is 5.69 Å². The molecule has 3 rings (SSSR count). The quantitative estimate of drug-likeness (QED) is 0.306. The molecule has 2 aliphatic rings. The third-order valence-electron chi connectivity index (χ3n) is 6.32. The minimum absolute atomic E-state index is 0. The highest BCUT2D eigenvalue weighted by molar-refractivity contribution is 14.0. The standard InChI is InChI=1S/C23H39N5O2S.HI/c1-4-24-23(25-18-20-12-16-28(17-13-20)31(3,29)30)26(2)19-21-8-10-22(11-9-21)27-14-6-5-7-15-27;/h8-11,20H,4-7,12-19H2,1-3H3,(H,24,25);1H. The van der Waals surface area contributed by atoms with Crippen LogP contribution >= 0.6 is 24.0 Å². The largest absolute Gasteiger partial charge is 0.372 e. The number of guanidine groups is 1. The van der Waals surface area contributed by atoms with Gasteiger partial charge in [-0.2, -0.15) is 0 Å². The fourth-order valence-electron chi connectivity index (χ4n) is 4.42. The summed E-state index contributed by atoms with van der Waals surface area (Å²) in [6.45, 7) is 7.99. The van der Waals surface area contributed by atoms with Gasteiger partial charge in [-0.05, 0) is 62.6 Å². The molecule has 0 radical (unpaired) electrons. The van der Waals surface area contributed by atoms with Crippen LogP contribution in [0.2, 0.25) is 0 Å². The van der Waals surface area contributed by atoms with Gasteiger partial charge in [0.25, 0.3) is 0 Å². The highest BCUT2D eigenvalue weighted by atomic mass is 127. The summed E-state index contributed by atoms with van der Waals surface area (Å²) in [6, 6.07) is 8.94. The summed E-state index contributed by atoms with van der Waals surface area (Å²) in [7, 11) is -0.998. The van der Waals surface area contributed by atoms with Gasteiger partial charge in [-0.25, -0.2) is 12.7 Å². The SMILES string of the molecule is CCNC(=NCC1CCN(S(C)(=O)=O)CC1)N(C)Cc1ccc(N2CCCCC2)cc1.I. The van der Waals surface area contributed by atoms with Crippen molar-refractivity contribution in [3.05, 3.63) is 29.8 Å². The van der Waals surface area contributed by atoms with Crippen LogP contribution in [0.1, 0.15) is 44.6 Å². The predicted octanol–water partition coefficient (Wildman–Crippen LogP) is 3.36. The molecule has 32 heavy (non-hydrogen) atoms. The molecule has 0 spiro atoms. The molecule has 1 aromatic rings. The van der Waals surface area contributed by atoms with E-state index in [2.05, 4.69) is 53.4 Å². The van der Waals surface area contributed by atoms with Gasteiger partial charge < -0.3 is 15.1 Å². The normalized spacial score (nSPS) is 18.8. The highest BCUT2D eigenvalue weighted by Gasteiger charge is 2.24. The van der Waals surface area contributed by atoms with Crippen molar-refractivity contribution >= 4 is 45.6 Å². The molecule has 9 heteroatoms. The third-order valence-corrected chi connectivity index (χ3v) is 7.62. The zero-order valence-corrected chi connectivity index (χ0v) is 22.9. The van der Waals surface area contributed by atoms with Gasteiger partial charge in [-0.1, -0.05) is 12.1 Å². The predicted molar refractivity (Wildman–Crippen MR) is 145 cm³/mol. The zero-order chi connectivity index (χ0) is 22.3. The molecule has 1 aromatic carbocycles. The second kappa shape index (κ2) is 13.0. The molecule has 0 atom stereocenters. The van der Waals surface area contributed by atoms with Crippen LogP contribution in [0, 0.1) is 5.92 Å². The Hall–Kier alpha value is -1.07. The molecule has 182 valence electrons. The van der Waals surface area contributed by atoms with Gasteiger partial charge in [0.15, 0.2) is 5.96 Å². The van der Waals surface area contributed by atoms with Gasteiger partial charge in [0.05, 0.1) is 6.26 Å². The molecule has 2 heterocycles. The minimum atomic E-state index is -3.07. The summed E-state index contributed by atoms with van der Waals surface area (Å²) in [5.74, 6) is 1.34. The van der Waals surface area contributed by atoms with Gasteiger partial charge in [-0.15, -0.1) is 24.0 Å². The molecule has 0 bridgehead atoms. The van der Waals surface area contributed by atoms with Crippen molar-refractivity contribution in [3.63, 3.8) is 0 Å². The molecule has 0 saturated carbocycles. The van der Waals surface area contributed by atoms with E-state index in [1.165, 1.54) is 49.9 Å². The number of hydrogen-bond donors (Lipinski definition) is 1. The molecular weight excluding hydrogens is 537 g/mol. The van der Waals surface area contributed by atoms with E-state index < -0.39 is 10.0 Å². The lowest BCUT2D eigenvalue weighted by Crippen LogP contribution is -2.40. The summed E-state index contributed by atoms with van der Waals surface area (Å²) in [5, 5.41) is 3.40. The molecule has 2 fully saturated rings. The summed E-state index contributed by atoms with van der Waals surface area (Å²) in [5.41, 5.74) is 2.60. The molecule has 0 unspecified atom stereocenters. The molecule has 2 saturated heterocycles. The Morgan fingerprint density at radius 1 is 1.09 bits per heavy atom. The van der Waals surface area contributed by atoms with Gasteiger partial charge >= 0.3 is 0 Å². The molecule has 0 aliphatic carbocycles. The van der Waals surface area contributed by atoms with Crippen molar-refractivity contribution in [1.82, 2.24) is 14.5 Å². The van der Waals surface area contributed by atoms with Crippen LogP contribution in [0.3, 0.4) is 0 Å². The fourth-order valence-corrected chi connectivity index (χ4v) is 5.30. The second-order valence-corrected chi connectivity index (χ2v) is 10.9. The number of sulfonamides is 1. The Morgan fingerprint density at radius 3 is 2.28 bits per heavy atom. The second-order valence-electron chi connectivity index (χ2n) is 8.87. The van der Waals surface area contributed by atoms with Crippen LogP contribution in [0.15, 0.2) is 29.3 Å². The van der Waals surface area contributed by atoms with Crippen LogP contribution < -0.4 is 10.2 Å². The fraction of sp³-hybridized carbons (Fsp3) is 0.696. The van der Waals surface area contributed by atoms with Crippen molar-refractivity contribution in [2.75, 3.05) is 57.5 Å². The topological polar surface area (TPSA) is 68.2 Å². The Labute approximate surface area is 211 Å². The first-order chi connectivity index (χ1) is 14.9. The van der Waals surface area contributed by atoms with Gasteiger partial charge in [0.2, 0.25) is 10.0 Å². The van der Waals surface area contributed by atoms with E-state index in [4.69, 9.17) is 4.99 Å². The van der Waals surface area contributed by atoms with Gasteiger partial charge in [0.1, 0.15) is 0 Å². The van der Waals surface area contributed by atoms with Crippen LogP contribution in [-0.4, -0.2) is 76.2 Å². The average Bonchev–Trinajstić information content (AvgIpc) is 2.77. The van der Waals surface area contributed by atoms with E-state index in [1.807, 2.05) is 0 Å². The lowest BCUT2D eigenvalue weighted by Gasteiger charge is -2.30. The summed E-state index contributed by atoms with van der Waals surface area (Å²) in [6.07, 6.45) is 6.97. The van der Waals surface area contributed by atoms with Crippen LogP contribution in [-0.2, 0) is 16.6 Å². The van der Waals surface area contributed by atoms with Crippen molar-refractivity contribution in [1.29, 1.82) is 0 Å². The highest BCUT2D eigenvalue weighted by Crippen LogP contribution is 2.21. The van der Waals surface area contributed by atoms with Gasteiger partial charge in [-0.3, -0.25) is 4.99 Å². The lowest BCUT2D eigenvalue weighted by molar-refractivity contribution is 0.279. The first-order valence-corrected chi connectivity index (χ1v) is 13.5. The number of aliphatic imine (C=N–C) groups is 1. The van der Waals surface area contributed by atoms with Crippen molar-refractivity contribution in [2.45, 2.75) is 45.6 Å². The summed E-state index contributed by atoms with van der Waals surface area (Å²) in [4.78, 5) is 9.52. The van der Waals surface area contributed by atoms with E-state index >= 15 is 0 Å². The van der Waals surface area contributed by atoms with E-state index in [-0.39, 0.29) is 24.0 Å². The number of piperidine rings is 2. The molecule has 7 nitrogen and oxygen atoms in total. The van der Waals surface area contributed by atoms with Gasteiger partial charge in [0, 0.05) is 58.5 Å². The maximum absolute atomic E-state index is 11.7. The van der Waals surface area contributed by atoms with Crippen molar-refractivity contribution < 1.29 is 8.42 Å². The molecule has 2 aliphatic heterocycles. The Morgan fingerprint density at radius 2 is 1.72 bits per heavy atom. The van der Waals surface area contributed by atoms with Crippen LogP contribution in [0.25, 0.3) is 0 Å². The third kappa shape index (κ3) is 8.06. The number of anilines is 1.